The Morgan fingerprint density at radius 2 is 1.85 bits per heavy atom. The van der Waals surface area contributed by atoms with Crippen molar-refractivity contribution < 1.29 is 4.79 Å². The van der Waals surface area contributed by atoms with Crippen molar-refractivity contribution in [1.29, 1.82) is 0 Å². The van der Waals surface area contributed by atoms with Crippen molar-refractivity contribution in [3.63, 3.8) is 0 Å². The van der Waals surface area contributed by atoms with E-state index in [9.17, 15) is 4.79 Å². The molecule has 4 rings (SSSR count). The van der Waals surface area contributed by atoms with Crippen LogP contribution in [0.3, 0.4) is 0 Å². The fourth-order valence-corrected chi connectivity index (χ4v) is 3.73. The van der Waals surface area contributed by atoms with Crippen LogP contribution in [0.15, 0.2) is 42.9 Å². The number of pyridine rings is 1. The highest BCUT2D eigenvalue weighted by molar-refractivity contribution is 5.78. The number of imidazole rings is 1. The van der Waals surface area contributed by atoms with E-state index in [1.807, 2.05) is 49.1 Å². The zero-order chi connectivity index (χ0) is 18.8. The minimum absolute atomic E-state index is 0.153. The molecule has 0 atom stereocenters. The third-order valence-electron chi connectivity index (χ3n) is 5.21. The highest BCUT2D eigenvalue weighted by Crippen LogP contribution is 2.28. The normalized spacial score (nSPS) is 19.8. The second kappa shape index (κ2) is 7.34. The Labute approximate surface area is 158 Å². The number of rotatable bonds is 4. The second-order valence-electron chi connectivity index (χ2n) is 7.29. The predicted octanol–water partition coefficient (Wildman–Crippen LogP) is 2.85. The molecule has 3 aromatic heterocycles. The maximum Gasteiger partial charge on any atom is 0.225 e. The Balaban J connectivity index is 1.48. The molecule has 0 aliphatic heterocycles. The van der Waals surface area contributed by atoms with E-state index in [4.69, 9.17) is 5.10 Å². The van der Waals surface area contributed by atoms with Gasteiger partial charge in [0.05, 0.1) is 11.9 Å². The summed E-state index contributed by atoms with van der Waals surface area (Å²) in [7, 11) is 3.66. The minimum Gasteiger partial charge on any atom is -0.366 e. The van der Waals surface area contributed by atoms with Gasteiger partial charge in [0.2, 0.25) is 5.91 Å². The molecule has 0 unspecified atom stereocenters. The number of carbonyl (C=O) groups is 1. The first kappa shape index (κ1) is 17.5. The summed E-state index contributed by atoms with van der Waals surface area (Å²) in [5.74, 6) is 1.23. The Bertz CT molecular complexity index is 928. The summed E-state index contributed by atoms with van der Waals surface area (Å²) in [5.41, 5.74) is 2.79. The molecule has 7 heteroatoms. The van der Waals surface area contributed by atoms with Gasteiger partial charge in [-0.05, 0) is 49.9 Å². The van der Waals surface area contributed by atoms with Gasteiger partial charge in [0.25, 0.3) is 0 Å². The van der Waals surface area contributed by atoms with E-state index in [1.54, 1.807) is 17.3 Å². The molecule has 0 radical (unpaired) electrons. The summed E-state index contributed by atoms with van der Waals surface area (Å²) in [6.45, 7) is 0. The van der Waals surface area contributed by atoms with Crippen molar-refractivity contribution in [2.75, 3.05) is 19.4 Å². The van der Waals surface area contributed by atoms with Crippen molar-refractivity contribution in [3.05, 3.63) is 42.9 Å². The van der Waals surface area contributed by atoms with E-state index in [0.717, 1.165) is 48.4 Å². The first-order valence-corrected chi connectivity index (χ1v) is 9.34. The van der Waals surface area contributed by atoms with Crippen LogP contribution in [-0.4, -0.2) is 50.5 Å². The zero-order valence-corrected chi connectivity index (χ0v) is 15.7. The van der Waals surface area contributed by atoms with E-state index in [2.05, 4.69) is 15.3 Å². The number of fused-ring (bicyclic) bond motifs is 1. The van der Waals surface area contributed by atoms with Crippen LogP contribution in [0.1, 0.15) is 25.7 Å². The average molecular weight is 364 g/mol. The third kappa shape index (κ3) is 3.63. The topological polar surface area (TPSA) is 75.4 Å². The summed E-state index contributed by atoms with van der Waals surface area (Å²) in [6, 6.07) is 8.19. The van der Waals surface area contributed by atoms with Gasteiger partial charge >= 0.3 is 0 Å². The van der Waals surface area contributed by atoms with E-state index >= 15 is 0 Å². The lowest BCUT2D eigenvalue weighted by Crippen LogP contribution is -2.35. The molecular weight excluding hydrogens is 340 g/mol. The molecule has 1 N–H and O–H groups in total. The molecular formula is C20H24N6O. The molecule has 3 aromatic rings. The van der Waals surface area contributed by atoms with Crippen molar-refractivity contribution in [2.24, 2.45) is 5.92 Å². The molecule has 0 aromatic carbocycles. The Morgan fingerprint density at radius 1 is 1.11 bits per heavy atom. The van der Waals surface area contributed by atoms with E-state index < -0.39 is 0 Å². The molecule has 3 heterocycles. The van der Waals surface area contributed by atoms with Crippen LogP contribution in [0, 0.1) is 5.92 Å². The molecule has 27 heavy (non-hydrogen) atoms. The van der Waals surface area contributed by atoms with Crippen LogP contribution < -0.4 is 5.32 Å². The molecule has 1 saturated carbocycles. The largest absolute Gasteiger partial charge is 0.366 e. The third-order valence-corrected chi connectivity index (χ3v) is 5.21. The molecule has 0 saturated heterocycles. The molecule has 7 nitrogen and oxygen atoms in total. The number of nitrogens with one attached hydrogen (secondary N) is 1. The smallest absolute Gasteiger partial charge is 0.225 e. The summed E-state index contributed by atoms with van der Waals surface area (Å²) in [5, 5.41) is 8.27. The van der Waals surface area contributed by atoms with Crippen molar-refractivity contribution in [3.8, 4) is 11.3 Å². The second-order valence-corrected chi connectivity index (χ2v) is 7.29. The number of anilines is 1. The van der Waals surface area contributed by atoms with Crippen LogP contribution in [0.2, 0.25) is 0 Å². The molecule has 1 aliphatic carbocycles. The number of hydrogen-bond donors (Lipinski definition) is 1. The van der Waals surface area contributed by atoms with Gasteiger partial charge in [-0.3, -0.25) is 9.78 Å². The van der Waals surface area contributed by atoms with Crippen LogP contribution in [-0.2, 0) is 4.79 Å². The molecule has 1 amide bonds. The van der Waals surface area contributed by atoms with E-state index in [0.29, 0.717) is 6.04 Å². The summed E-state index contributed by atoms with van der Waals surface area (Å²) in [4.78, 5) is 22.3. The lowest BCUT2D eigenvalue weighted by molar-refractivity contribution is -0.133. The SMILES string of the molecule is CN(C)C(=O)[C@H]1CC[C@H](Nc2ccc3ncc(-c4ccncc4)n3n2)CC1. The Morgan fingerprint density at radius 3 is 2.56 bits per heavy atom. The molecule has 1 aliphatic rings. The number of aromatic nitrogens is 4. The number of hydrogen-bond acceptors (Lipinski definition) is 5. The molecule has 1 fully saturated rings. The molecule has 0 spiro atoms. The summed E-state index contributed by atoms with van der Waals surface area (Å²) in [6.07, 6.45) is 9.17. The highest BCUT2D eigenvalue weighted by Gasteiger charge is 2.27. The standard InChI is InChI=1S/C20H24N6O/c1-25(2)20(27)15-3-5-16(6-4-15)23-18-7-8-19-22-13-17(26(19)24-18)14-9-11-21-12-10-14/h7-13,15-16H,3-6H2,1-2H3,(H,23,24)/t15-,16-. The van der Waals surface area contributed by atoms with Crippen LogP contribution >= 0.6 is 0 Å². The van der Waals surface area contributed by atoms with Gasteiger partial charge in [0, 0.05) is 44.0 Å². The summed E-state index contributed by atoms with van der Waals surface area (Å²) >= 11 is 0. The lowest BCUT2D eigenvalue weighted by Gasteiger charge is -2.30. The monoisotopic (exact) mass is 364 g/mol. The quantitative estimate of drug-likeness (QED) is 0.770. The highest BCUT2D eigenvalue weighted by atomic mass is 16.2. The van der Waals surface area contributed by atoms with Gasteiger partial charge in [0.15, 0.2) is 5.65 Å². The van der Waals surface area contributed by atoms with Crippen molar-refractivity contribution >= 4 is 17.4 Å². The number of carbonyl (C=O) groups excluding carboxylic acids is 1. The Kier molecular flexibility index (Phi) is 4.75. The van der Waals surface area contributed by atoms with E-state index in [1.165, 1.54) is 0 Å². The van der Waals surface area contributed by atoms with Gasteiger partial charge < -0.3 is 10.2 Å². The fraction of sp³-hybridized carbons (Fsp3) is 0.400. The van der Waals surface area contributed by atoms with Gasteiger partial charge in [-0.15, -0.1) is 5.10 Å². The minimum atomic E-state index is 0.153. The maximum atomic E-state index is 12.1. The van der Waals surface area contributed by atoms with Gasteiger partial charge in [-0.1, -0.05) is 0 Å². The maximum absolute atomic E-state index is 12.1. The number of nitrogens with zero attached hydrogens (tertiary/aromatic N) is 5. The van der Waals surface area contributed by atoms with Gasteiger partial charge in [0.1, 0.15) is 5.82 Å². The Hall–Kier alpha value is -2.96. The van der Waals surface area contributed by atoms with Gasteiger partial charge in [-0.25, -0.2) is 9.50 Å². The number of amides is 1. The zero-order valence-electron chi connectivity index (χ0n) is 15.7. The predicted molar refractivity (Wildman–Crippen MR) is 104 cm³/mol. The van der Waals surface area contributed by atoms with Crippen molar-refractivity contribution in [2.45, 2.75) is 31.7 Å². The first-order chi connectivity index (χ1) is 13.1. The van der Waals surface area contributed by atoms with E-state index in [-0.39, 0.29) is 11.8 Å². The van der Waals surface area contributed by atoms with Gasteiger partial charge in [-0.2, -0.15) is 0 Å². The lowest BCUT2D eigenvalue weighted by atomic mass is 9.85. The van der Waals surface area contributed by atoms with Crippen molar-refractivity contribution in [1.82, 2.24) is 24.5 Å². The fourth-order valence-electron chi connectivity index (χ4n) is 3.73. The summed E-state index contributed by atoms with van der Waals surface area (Å²) < 4.78 is 1.86. The molecule has 0 bridgehead atoms. The van der Waals surface area contributed by atoms with Crippen LogP contribution in [0.25, 0.3) is 16.9 Å². The first-order valence-electron chi connectivity index (χ1n) is 9.34. The van der Waals surface area contributed by atoms with Crippen LogP contribution in [0.5, 0.6) is 0 Å². The molecule has 140 valence electrons. The average Bonchev–Trinajstić information content (AvgIpc) is 3.12. The van der Waals surface area contributed by atoms with Crippen LogP contribution in [0.4, 0.5) is 5.82 Å².